The SMILES string of the molecule is Cc1ccccc1SCc1nc(CC(C)C)c(I)c(=O)[nH]1. The Bertz CT molecular complexity index is 682. The number of H-pyrrole nitrogens is 1. The van der Waals surface area contributed by atoms with Gasteiger partial charge in [-0.25, -0.2) is 4.98 Å². The second-order valence-corrected chi connectivity index (χ2v) is 7.52. The average molecular weight is 414 g/mol. The molecule has 112 valence electrons. The Kier molecular flexibility index (Phi) is 5.87. The van der Waals surface area contributed by atoms with Crippen molar-refractivity contribution in [3.63, 3.8) is 0 Å². The van der Waals surface area contributed by atoms with Crippen LogP contribution in [0.1, 0.15) is 30.9 Å². The molecule has 0 aliphatic heterocycles. The van der Waals surface area contributed by atoms with E-state index >= 15 is 0 Å². The van der Waals surface area contributed by atoms with Crippen molar-refractivity contribution in [2.24, 2.45) is 5.92 Å². The van der Waals surface area contributed by atoms with Gasteiger partial charge in [0.25, 0.3) is 5.56 Å². The molecule has 2 aromatic rings. The van der Waals surface area contributed by atoms with Gasteiger partial charge in [-0.2, -0.15) is 0 Å². The van der Waals surface area contributed by atoms with Gasteiger partial charge in [-0.05, 0) is 53.5 Å². The van der Waals surface area contributed by atoms with E-state index in [-0.39, 0.29) is 5.56 Å². The van der Waals surface area contributed by atoms with Gasteiger partial charge in [0.15, 0.2) is 0 Å². The third-order valence-corrected chi connectivity index (χ3v) is 5.34. The molecule has 0 spiro atoms. The second kappa shape index (κ2) is 7.45. The van der Waals surface area contributed by atoms with Gasteiger partial charge >= 0.3 is 0 Å². The van der Waals surface area contributed by atoms with Crippen molar-refractivity contribution >= 4 is 34.4 Å². The third-order valence-electron chi connectivity index (χ3n) is 3.04. The molecule has 1 heterocycles. The molecule has 0 bridgehead atoms. The molecule has 0 aliphatic rings. The summed E-state index contributed by atoms with van der Waals surface area (Å²) in [5.41, 5.74) is 2.13. The van der Waals surface area contributed by atoms with Crippen LogP contribution >= 0.6 is 34.4 Å². The van der Waals surface area contributed by atoms with Crippen molar-refractivity contribution in [3.05, 3.63) is 55.3 Å². The standard InChI is InChI=1S/C16H19IN2OS/c1-10(2)8-12-15(17)16(20)19-14(18-12)9-21-13-7-5-4-6-11(13)3/h4-7,10H,8-9H2,1-3H3,(H,18,19,20). The summed E-state index contributed by atoms with van der Waals surface area (Å²) < 4.78 is 0.714. The number of aryl methyl sites for hydroxylation is 1. The summed E-state index contributed by atoms with van der Waals surface area (Å²) in [5.74, 6) is 1.93. The fourth-order valence-electron chi connectivity index (χ4n) is 2.01. The summed E-state index contributed by atoms with van der Waals surface area (Å²) in [6.07, 6.45) is 0.838. The molecule has 0 atom stereocenters. The van der Waals surface area contributed by atoms with Crippen molar-refractivity contribution < 1.29 is 0 Å². The van der Waals surface area contributed by atoms with Gasteiger partial charge in [0, 0.05) is 4.90 Å². The Hall–Kier alpha value is -0.820. The Morgan fingerprint density at radius 1 is 1.33 bits per heavy atom. The van der Waals surface area contributed by atoms with Crippen LogP contribution < -0.4 is 5.56 Å². The molecule has 1 aromatic carbocycles. The molecule has 1 N–H and O–H groups in total. The van der Waals surface area contributed by atoms with Gasteiger partial charge in [0.2, 0.25) is 0 Å². The second-order valence-electron chi connectivity index (χ2n) is 5.43. The maximum absolute atomic E-state index is 12.0. The lowest BCUT2D eigenvalue weighted by molar-refractivity contribution is 0.627. The van der Waals surface area contributed by atoms with E-state index in [2.05, 4.69) is 65.5 Å². The lowest BCUT2D eigenvalue weighted by atomic mass is 10.1. The Morgan fingerprint density at radius 3 is 2.71 bits per heavy atom. The Labute approximate surface area is 143 Å². The minimum absolute atomic E-state index is 0.0263. The van der Waals surface area contributed by atoms with Gasteiger partial charge in [-0.15, -0.1) is 11.8 Å². The monoisotopic (exact) mass is 414 g/mol. The van der Waals surface area contributed by atoms with Crippen LogP contribution in [0, 0.1) is 16.4 Å². The molecule has 3 nitrogen and oxygen atoms in total. The first-order chi connectivity index (χ1) is 9.97. The van der Waals surface area contributed by atoms with Crippen molar-refractivity contribution in [1.82, 2.24) is 9.97 Å². The number of halogens is 1. The zero-order valence-electron chi connectivity index (χ0n) is 12.4. The molecule has 5 heteroatoms. The van der Waals surface area contributed by atoms with E-state index in [0.717, 1.165) is 17.9 Å². The quantitative estimate of drug-likeness (QED) is 0.590. The van der Waals surface area contributed by atoms with E-state index in [1.807, 2.05) is 12.1 Å². The van der Waals surface area contributed by atoms with Gasteiger partial charge in [-0.1, -0.05) is 32.0 Å². The predicted molar refractivity (Wildman–Crippen MR) is 96.9 cm³/mol. The van der Waals surface area contributed by atoms with E-state index in [1.54, 1.807) is 11.8 Å². The zero-order chi connectivity index (χ0) is 15.4. The number of nitrogens with zero attached hydrogens (tertiary/aromatic N) is 1. The number of aromatic amines is 1. The molecule has 0 saturated carbocycles. The molecule has 0 fully saturated rings. The zero-order valence-corrected chi connectivity index (χ0v) is 15.4. The van der Waals surface area contributed by atoms with Crippen molar-refractivity contribution in [2.75, 3.05) is 0 Å². The molecule has 0 saturated heterocycles. The highest BCUT2D eigenvalue weighted by Crippen LogP contribution is 2.24. The van der Waals surface area contributed by atoms with Crippen LogP contribution in [0.2, 0.25) is 0 Å². The molecule has 21 heavy (non-hydrogen) atoms. The first kappa shape index (κ1) is 16.5. The summed E-state index contributed by atoms with van der Waals surface area (Å²) in [5, 5.41) is 0. The van der Waals surface area contributed by atoms with Crippen LogP contribution in [0.15, 0.2) is 34.0 Å². The highest BCUT2D eigenvalue weighted by atomic mass is 127. The smallest absolute Gasteiger partial charge is 0.264 e. The fourth-order valence-corrected chi connectivity index (χ4v) is 3.39. The number of hydrogen-bond acceptors (Lipinski definition) is 3. The van der Waals surface area contributed by atoms with E-state index in [9.17, 15) is 4.79 Å². The van der Waals surface area contributed by atoms with Crippen LogP contribution in [0.3, 0.4) is 0 Å². The van der Waals surface area contributed by atoms with E-state index in [0.29, 0.717) is 15.2 Å². The van der Waals surface area contributed by atoms with E-state index in [1.165, 1.54) is 10.5 Å². The summed E-state index contributed by atoms with van der Waals surface area (Å²) in [6.45, 7) is 6.37. The molecule has 0 amide bonds. The number of hydrogen-bond donors (Lipinski definition) is 1. The molecular weight excluding hydrogens is 395 g/mol. The minimum atomic E-state index is -0.0263. The maximum Gasteiger partial charge on any atom is 0.264 e. The number of thioether (sulfide) groups is 1. The molecule has 2 rings (SSSR count). The lowest BCUT2D eigenvalue weighted by Crippen LogP contribution is -2.18. The molecule has 0 aliphatic carbocycles. The highest BCUT2D eigenvalue weighted by molar-refractivity contribution is 14.1. The van der Waals surface area contributed by atoms with Crippen molar-refractivity contribution in [1.29, 1.82) is 0 Å². The van der Waals surface area contributed by atoms with Gasteiger partial charge in [0.1, 0.15) is 5.82 Å². The van der Waals surface area contributed by atoms with E-state index in [4.69, 9.17) is 0 Å². The third kappa shape index (κ3) is 4.57. The van der Waals surface area contributed by atoms with Crippen molar-refractivity contribution in [2.45, 2.75) is 37.8 Å². The van der Waals surface area contributed by atoms with Gasteiger partial charge < -0.3 is 4.98 Å². The summed E-state index contributed by atoms with van der Waals surface area (Å²) in [7, 11) is 0. The molecule has 0 unspecified atom stereocenters. The highest BCUT2D eigenvalue weighted by Gasteiger charge is 2.11. The summed E-state index contributed by atoms with van der Waals surface area (Å²) in [6, 6.07) is 8.26. The summed E-state index contributed by atoms with van der Waals surface area (Å²) >= 11 is 3.79. The number of nitrogens with one attached hydrogen (secondary N) is 1. The molecular formula is C16H19IN2OS. The van der Waals surface area contributed by atoms with Crippen LogP contribution in [-0.4, -0.2) is 9.97 Å². The first-order valence-corrected chi connectivity index (χ1v) is 8.99. The van der Waals surface area contributed by atoms with Gasteiger partial charge in [0.05, 0.1) is 15.0 Å². The largest absolute Gasteiger partial charge is 0.309 e. The van der Waals surface area contributed by atoms with Crippen LogP contribution in [0.4, 0.5) is 0 Å². The van der Waals surface area contributed by atoms with Gasteiger partial charge in [-0.3, -0.25) is 4.79 Å². The normalized spacial score (nSPS) is 11.1. The number of rotatable bonds is 5. The topological polar surface area (TPSA) is 45.8 Å². The Balaban J connectivity index is 2.19. The van der Waals surface area contributed by atoms with Crippen LogP contribution in [0.25, 0.3) is 0 Å². The molecule has 1 aromatic heterocycles. The fraction of sp³-hybridized carbons (Fsp3) is 0.375. The number of aromatic nitrogens is 2. The maximum atomic E-state index is 12.0. The minimum Gasteiger partial charge on any atom is -0.309 e. The molecule has 0 radical (unpaired) electrons. The number of benzene rings is 1. The van der Waals surface area contributed by atoms with E-state index < -0.39 is 0 Å². The lowest BCUT2D eigenvalue weighted by Gasteiger charge is -2.09. The van der Waals surface area contributed by atoms with Crippen LogP contribution in [-0.2, 0) is 12.2 Å². The van der Waals surface area contributed by atoms with Crippen molar-refractivity contribution in [3.8, 4) is 0 Å². The Morgan fingerprint density at radius 2 is 2.05 bits per heavy atom. The van der Waals surface area contributed by atoms with Crippen LogP contribution in [0.5, 0.6) is 0 Å². The summed E-state index contributed by atoms with van der Waals surface area (Å²) in [4.78, 5) is 20.8. The average Bonchev–Trinajstić information content (AvgIpc) is 2.42. The predicted octanol–water partition coefficient (Wildman–Crippen LogP) is 4.17. The first-order valence-electron chi connectivity index (χ1n) is 6.93.